The largest absolute Gasteiger partial charge is 0.478 e. The van der Waals surface area contributed by atoms with E-state index in [1.54, 1.807) is 13.0 Å². The van der Waals surface area contributed by atoms with Crippen LogP contribution in [0.4, 0.5) is 5.69 Å². The summed E-state index contributed by atoms with van der Waals surface area (Å²) in [5.74, 6) is -0.864. The number of anilines is 1. The Morgan fingerprint density at radius 3 is 2.53 bits per heavy atom. The molecular weight excluding hydrogens is 190 g/mol. The standard InChI is InChI=1S/C12H15NO2/c1-10(12(14)15)8-9-13(2)11-6-4-3-5-7-11/h3-8H,9H2,1-2H3,(H,14,15). The van der Waals surface area contributed by atoms with E-state index in [0.29, 0.717) is 12.1 Å². The Hall–Kier alpha value is -1.77. The molecule has 0 aliphatic rings. The number of hydrogen-bond donors (Lipinski definition) is 1. The van der Waals surface area contributed by atoms with E-state index in [0.717, 1.165) is 5.69 Å². The lowest BCUT2D eigenvalue weighted by molar-refractivity contribution is -0.132. The number of benzene rings is 1. The van der Waals surface area contributed by atoms with Gasteiger partial charge < -0.3 is 10.0 Å². The first-order valence-corrected chi connectivity index (χ1v) is 4.77. The van der Waals surface area contributed by atoms with Crippen LogP contribution in [-0.4, -0.2) is 24.7 Å². The Morgan fingerprint density at radius 2 is 2.00 bits per heavy atom. The van der Waals surface area contributed by atoms with Crippen molar-refractivity contribution in [3.63, 3.8) is 0 Å². The molecule has 80 valence electrons. The topological polar surface area (TPSA) is 40.5 Å². The predicted molar refractivity (Wildman–Crippen MR) is 61.1 cm³/mol. The lowest BCUT2D eigenvalue weighted by Crippen LogP contribution is -2.17. The molecule has 3 nitrogen and oxygen atoms in total. The van der Waals surface area contributed by atoms with Gasteiger partial charge >= 0.3 is 5.97 Å². The third-order valence-electron chi connectivity index (χ3n) is 2.21. The number of aliphatic carboxylic acids is 1. The Morgan fingerprint density at radius 1 is 1.40 bits per heavy atom. The van der Waals surface area contributed by atoms with Crippen molar-refractivity contribution >= 4 is 11.7 Å². The maximum absolute atomic E-state index is 10.6. The second-order valence-corrected chi connectivity index (χ2v) is 3.41. The van der Waals surface area contributed by atoms with Crippen molar-refractivity contribution < 1.29 is 9.90 Å². The molecule has 3 heteroatoms. The number of hydrogen-bond acceptors (Lipinski definition) is 2. The van der Waals surface area contributed by atoms with Gasteiger partial charge in [-0.15, -0.1) is 0 Å². The van der Waals surface area contributed by atoms with Crippen molar-refractivity contribution in [2.45, 2.75) is 6.92 Å². The first kappa shape index (κ1) is 11.3. The number of likely N-dealkylation sites (N-methyl/N-ethyl adjacent to an activating group) is 1. The highest BCUT2D eigenvalue weighted by atomic mass is 16.4. The van der Waals surface area contributed by atoms with E-state index in [4.69, 9.17) is 5.11 Å². The van der Waals surface area contributed by atoms with Crippen molar-refractivity contribution in [3.8, 4) is 0 Å². The normalized spacial score (nSPS) is 11.2. The van der Waals surface area contributed by atoms with Crippen LogP contribution in [0, 0.1) is 0 Å². The number of para-hydroxylation sites is 1. The van der Waals surface area contributed by atoms with Gasteiger partial charge in [0.2, 0.25) is 0 Å². The molecule has 1 aromatic carbocycles. The van der Waals surface area contributed by atoms with E-state index in [1.807, 2.05) is 42.3 Å². The first-order valence-electron chi connectivity index (χ1n) is 4.77. The Labute approximate surface area is 89.6 Å². The molecule has 1 aromatic rings. The fourth-order valence-corrected chi connectivity index (χ4v) is 1.15. The number of carbonyl (C=O) groups is 1. The fraction of sp³-hybridized carbons (Fsp3) is 0.250. The van der Waals surface area contributed by atoms with Crippen LogP contribution < -0.4 is 4.90 Å². The molecule has 0 heterocycles. The molecule has 0 saturated heterocycles. The molecule has 1 rings (SSSR count). The molecule has 0 atom stereocenters. The third kappa shape index (κ3) is 3.46. The summed E-state index contributed by atoms with van der Waals surface area (Å²) in [7, 11) is 1.93. The van der Waals surface area contributed by atoms with Gasteiger partial charge in [0.15, 0.2) is 0 Å². The van der Waals surface area contributed by atoms with E-state index in [-0.39, 0.29) is 0 Å². The molecule has 0 bridgehead atoms. The maximum Gasteiger partial charge on any atom is 0.331 e. The van der Waals surface area contributed by atoms with Crippen LogP contribution in [0.25, 0.3) is 0 Å². The van der Waals surface area contributed by atoms with Crippen LogP contribution in [0.2, 0.25) is 0 Å². The van der Waals surface area contributed by atoms with Crippen LogP contribution in [0.3, 0.4) is 0 Å². The summed E-state index contributed by atoms with van der Waals surface area (Å²) in [4.78, 5) is 12.6. The van der Waals surface area contributed by atoms with Gasteiger partial charge in [0.05, 0.1) is 0 Å². The molecule has 0 fully saturated rings. The molecule has 0 aliphatic heterocycles. The monoisotopic (exact) mass is 205 g/mol. The number of rotatable bonds is 4. The van der Waals surface area contributed by atoms with Gasteiger partial charge in [0, 0.05) is 24.9 Å². The lowest BCUT2D eigenvalue weighted by atomic mass is 10.2. The minimum Gasteiger partial charge on any atom is -0.478 e. The summed E-state index contributed by atoms with van der Waals surface area (Å²) in [5.41, 5.74) is 1.45. The average molecular weight is 205 g/mol. The van der Waals surface area contributed by atoms with Gasteiger partial charge in [-0.3, -0.25) is 0 Å². The summed E-state index contributed by atoms with van der Waals surface area (Å²) < 4.78 is 0. The second kappa shape index (κ2) is 5.20. The van der Waals surface area contributed by atoms with Gasteiger partial charge in [0.1, 0.15) is 0 Å². The SMILES string of the molecule is CC(=CCN(C)c1ccccc1)C(=O)O. The van der Waals surface area contributed by atoms with Crippen molar-refractivity contribution in [2.24, 2.45) is 0 Å². The van der Waals surface area contributed by atoms with Crippen LogP contribution in [0.15, 0.2) is 42.0 Å². The van der Waals surface area contributed by atoms with Crippen molar-refractivity contribution in [3.05, 3.63) is 42.0 Å². The van der Waals surface area contributed by atoms with Gasteiger partial charge in [-0.05, 0) is 19.1 Å². The molecule has 0 unspecified atom stereocenters. The molecule has 15 heavy (non-hydrogen) atoms. The summed E-state index contributed by atoms with van der Waals surface area (Å²) in [6, 6.07) is 9.85. The van der Waals surface area contributed by atoms with Crippen LogP contribution in [0.1, 0.15) is 6.92 Å². The van der Waals surface area contributed by atoms with Crippen LogP contribution in [-0.2, 0) is 4.79 Å². The fourth-order valence-electron chi connectivity index (χ4n) is 1.15. The van der Waals surface area contributed by atoms with Crippen LogP contribution in [0.5, 0.6) is 0 Å². The molecule has 0 aliphatic carbocycles. The van der Waals surface area contributed by atoms with Crippen LogP contribution >= 0.6 is 0 Å². The Kier molecular flexibility index (Phi) is 3.92. The quantitative estimate of drug-likeness (QED) is 0.766. The predicted octanol–water partition coefficient (Wildman–Crippen LogP) is 2.15. The molecule has 0 aromatic heterocycles. The third-order valence-corrected chi connectivity index (χ3v) is 2.21. The van der Waals surface area contributed by atoms with E-state index in [1.165, 1.54) is 0 Å². The van der Waals surface area contributed by atoms with Crippen molar-refractivity contribution in [2.75, 3.05) is 18.5 Å². The van der Waals surface area contributed by atoms with Gasteiger partial charge in [0.25, 0.3) is 0 Å². The summed E-state index contributed by atoms with van der Waals surface area (Å²) in [5, 5.41) is 8.68. The molecular formula is C12H15NO2. The van der Waals surface area contributed by atoms with E-state index < -0.39 is 5.97 Å². The van der Waals surface area contributed by atoms with E-state index in [2.05, 4.69) is 0 Å². The Balaban J connectivity index is 2.61. The molecule has 0 radical (unpaired) electrons. The molecule has 0 amide bonds. The van der Waals surface area contributed by atoms with Gasteiger partial charge in [-0.1, -0.05) is 24.3 Å². The smallest absolute Gasteiger partial charge is 0.331 e. The highest BCUT2D eigenvalue weighted by Gasteiger charge is 2.01. The van der Waals surface area contributed by atoms with Crippen molar-refractivity contribution in [1.29, 1.82) is 0 Å². The maximum atomic E-state index is 10.6. The van der Waals surface area contributed by atoms with E-state index >= 15 is 0 Å². The Bertz CT molecular complexity index is 357. The zero-order chi connectivity index (χ0) is 11.3. The average Bonchev–Trinajstić information content (AvgIpc) is 2.26. The number of nitrogens with zero attached hydrogens (tertiary/aromatic N) is 1. The highest BCUT2D eigenvalue weighted by Crippen LogP contribution is 2.10. The van der Waals surface area contributed by atoms with Gasteiger partial charge in [-0.2, -0.15) is 0 Å². The summed E-state index contributed by atoms with van der Waals surface area (Å²) >= 11 is 0. The summed E-state index contributed by atoms with van der Waals surface area (Å²) in [6.07, 6.45) is 1.70. The summed E-state index contributed by atoms with van der Waals surface area (Å²) in [6.45, 7) is 2.20. The minimum absolute atomic E-state index is 0.373. The van der Waals surface area contributed by atoms with E-state index in [9.17, 15) is 4.79 Å². The molecule has 0 spiro atoms. The molecule has 0 saturated carbocycles. The lowest BCUT2D eigenvalue weighted by Gasteiger charge is -2.17. The zero-order valence-electron chi connectivity index (χ0n) is 8.97. The number of carboxylic acids is 1. The highest BCUT2D eigenvalue weighted by molar-refractivity contribution is 5.85. The second-order valence-electron chi connectivity index (χ2n) is 3.41. The molecule has 1 N–H and O–H groups in total. The zero-order valence-corrected chi connectivity index (χ0v) is 8.97. The van der Waals surface area contributed by atoms with Crippen molar-refractivity contribution in [1.82, 2.24) is 0 Å². The first-order chi connectivity index (χ1) is 7.11. The number of carboxylic acid groups (broad SMARTS) is 1. The van der Waals surface area contributed by atoms with Gasteiger partial charge in [-0.25, -0.2) is 4.79 Å². The minimum atomic E-state index is -0.864.